The van der Waals surface area contributed by atoms with Crippen LogP contribution in [0.2, 0.25) is 5.02 Å². The van der Waals surface area contributed by atoms with Crippen molar-refractivity contribution in [3.05, 3.63) is 70.0 Å². The van der Waals surface area contributed by atoms with Crippen molar-refractivity contribution >= 4 is 35.5 Å². The van der Waals surface area contributed by atoms with Crippen molar-refractivity contribution in [3.63, 3.8) is 0 Å². The number of hydrogen-bond donors (Lipinski definition) is 4. The topological polar surface area (TPSA) is 174 Å². The Bertz CT molecular complexity index is 1160. The van der Waals surface area contributed by atoms with Gasteiger partial charge in [0.15, 0.2) is 0 Å². The van der Waals surface area contributed by atoms with E-state index in [9.17, 15) is 19.2 Å². The van der Waals surface area contributed by atoms with Gasteiger partial charge in [-0.2, -0.15) is 0 Å². The number of dihydropyridines is 1. The van der Waals surface area contributed by atoms with Gasteiger partial charge in [0, 0.05) is 32.6 Å². The van der Waals surface area contributed by atoms with Crippen LogP contribution in [0.5, 0.6) is 0 Å². The number of aliphatic carboxylic acids is 2. The first-order chi connectivity index (χ1) is 18.1. The highest BCUT2D eigenvalue weighted by atomic mass is 35.5. The molecule has 1 heterocycles. The fourth-order valence-corrected chi connectivity index (χ4v) is 3.09. The average molecular weight is 515 g/mol. The molecule has 1 atom stereocenters. The lowest BCUT2D eigenvalue weighted by Crippen LogP contribution is -2.32. The quantitative estimate of drug-likeness (QED) is 0.263. The van der Waals surface area contributed by atoms with Gasteiger partial charge < -0.3 is 35.5 Å². The first-order valence-electron chi connectivity index (χ1n) is 11.8. The van der Waals surface area contributed by atoms with Gasteiger partial charge in [-0.15, -0.1) is 0 Å². The first-order valence-corrected chi connectivity index (χ1v) is 10.2. The molecule has 1 aliphatic rings. The van der Waals surface area contributed by atoms with Crippen molar-refractivity contribution < 1.29 is 49.1 Å². The van der Waals surface area contributed by atoms with Crippen molar-refractivity contribution in [1.29, 1.82) is 0 Å². The van der Waals surface area contributed by atoms with E-state index in [0.717, 1.165) is 0 Å². The minimum absolute atomic E-state index is 0.0369. The second kappa shape index (κ2) is 15.3. The molecule has 12 heteroatoms. The van der Waals surface area contributed by atoms with Crippen LogP contribution in [0.15, 0.2) is 59.5 Å². The molecule has 1 aromatic carbocycles. The molecule has 0 saturated heterocycles. The Morgan fingerprint density at radius 2 is 1.80 bits per heavy atom. The van der Waals surface area contributed by atoms with E-state index in [2.05, 4.69) is 5.32 Å². The van der Waals surface area contributed by atoms with Crippen LogP contribution in [0.3, 0.4) is 0 Å². The Balaban J connectivity index is 0.000000824. The minimum Gasteiger partial charge on any atom is -0.478 e. The number of carboxylic acid groups (broad SMARTS) is 2. The van der Waals surface area contributed by atoms with E-state index in [1.165, 1.54) is 13.3 Å². The van der Waals surface area contributed by atoms with Gasteiger partial charge in [-0.25, -0.2) is 19.2 Å². The monoisotopic (exact) mass is 514 g/mol. The zero-order valence-electron chi connectivity index (χ0n) is 22.7. The molecule has 1 aliphatic heterocycles. The zero-order chi connectivity index (χ0) is 30.0. The summed E-state index contributed by atoms with van der Waals surface area (Å²) in [5.41, 5.74) is 5.70. The van der Waals surface area contributed by atoms with Crippen LogP contribution < -0.4 is 11.1 Å². The van der Waals surface area contributed by atoms with Crippen molar-refractivity contribution in [2.24, 2.45) is 5.73 Å². The van der Waals surface area contributed by atoms with Gasteiger partial charge in [0.1, 0.15) is 0 Å². The number of hydrogen-bond acceptors (Lipinski definition) is 9. The summed E-state index contributed by atoms with van der Waals surface area (Å²) >= 11 is 6.34. The number of carbonyl (C=O) groups excluding carboxylic acids is 2. The number of rotatable bonds is 10. The molecule has 0 bridgehead atoms. The van der Waals surface area contributed by atoms with E-state index in [1.54, 1.807) is 31.2 Å². The highest BCUT2D eigenvalue weighted by Crippen LogP contribution is 2.40. The Kier molecular flexibility index (Phi) is 10.1. The normalized spacial score (nSPS) is 17.4. The van der Waals surface area contributed by atoms with Crippen molar-refractivity contribution in [3.8, 4) is 0 Å². The molecule has 5 N–H and O–H groups in total. The minimum atomic E-state index is -2.87. The van der Waals surface area contributed by atoms with Gasteiger partial charge in [0.25, 0.3) is 0 Å². The van der Waals surface area contributed by atoms with Crippen LogP contribution in [-0.4, -0.2) is 67.5 Å². The highest BCUT2D eigenvalue weighted by molar-refractivity contribution is 6.31. The predicted octanol–water partition coefficient (Wildman–Crippen LogP) is 1.59. The van der Waals surface area contributed by atoms with E-state index < -0.39 is 49.5 Å². The molecular formula is C23H27ClN2O9. The summed E-state index contributed by atoms with van der Waals surface area (Å²) in [4.78, 5) is 44.4. The number of carbonyl (C=O) groups is 4. The lowest BCUT2D eigenvalue weighted by molar-refractivity contribution is -0.139. The van der Waals surface area contributed by atoms with Gasteiger partial charge in [0.2, 0.25) is 0 Å². The molecule has 0 amide bonds. The van der Waals surface area contributed by atoms with Crippen LogP contribution in [0.25, 0.3) is 0 Å². The Morgan fingerprint density at radius 1 is 1.17 bits per heavy atom. The summed E-state index contributed by atoms with van der Waals surface area (Å²) in [6.07, 6.45) is 2.42. The molecule has 0 radical (unpaired) electrons. The second-order valence-electron chi connectivity index (χ2n) is 6.35. The van der Waals surface area contributed by atoms with E-state index in [4.69, 9.17) is 47.2 Å². The molecule has 190 valence electrons. The standard InChI is InChI=1S/C19H23ClN2O5.C4H4O4/c1-3-27-19(24)17-15(11-26-9-8-21)22-10-13(18(23)25-2)16(17)12-6-4-5-7-14(12)20;5-3(6)1-2-4(7)8/h4-7,10,16,22H,3,8-9,11,21H2,1-2H3;1-2H,(H,5,6)(H,7,8)/b;2-1-/i8D2,9D2;. The number of esters is 2. The van der Waals surface area contributed by atoms with Crippen LogP contribution >= 0.6 is 11.6 Å². The van der Waals surface area contributed by atoms with Crippen LogP contribution in [-0.2, 0) is 33.4 Å². The summed E-state index contributed by atoms with van der Waals surface area (Å²) in [5, 5.41) is 18.6. The lowest BCUT2D eigenvalue weighted by Gasteiger charge is -2.29. The average Bonchev–Trinajstić information content (AvgIpc) is 2.85. The summed E-state index contributed by atoms with van der Waals surface area (Å²) < 4.78 is 45.2. The van der Waals surface area contributed by atoms with E-state index in [0.29, 0.717) is 17.7 Å². The number of nitrogens with one attached hydrogen (secondary N) is 1. The van der Waals surface area contributed by atoms with Crippen LogP contribution in [0.1, 0.15) is 23.9 Å². The number of methoxy groups -OCH3 is 1. The fourth-order valence-electron chi connectivity index (χ4n) is 2.84. The van der Waals surface area contributed by atoms with Crippen LogP contribution in [0.4, 0.5) is 0 Å². The molecule has 11 nitrogen and oxygen atoms in total. The zero-order valence-corrected chi connectivity index (χ0v) is 19.5. The van der Waals surface area contributed by atoms with E-state index in [1.807, 2.05) is 0 Å². The maximum Gasteiger partial charge on any atom is 0.336 e. The van der Waals surface area contributed by atoms with Crippen molar-refractivity contribution in [2.75, 3.05) is 33.4 Å². The van der Waals surface area contributed by atoms with Gasteiger partial charge in [-0.05, 0) is 18.6 Å². The Labute approximate surface area is 212 Å². The fraction of sp³-hybridized carbons (Fsp3) is 0.304. The third kappa shape index (κ3) is 9.24. The third-order valence-corrected chi connectivity index (χ3v) is 4.52. The number of carboxylic acids is 2. The molecule has 0 spiro atoms. The maximum absolute atomic E-state index is 12.9. The molecule has 35 heavy (non-hydrogen) atoms. The molecule has 1 aromatic rings. The van der Waals surface area contributed by atoms with Crippen molar-refractivity contribution in [1.82, 2.24) is 5.32 Å². The summed E-state index contributed by atoms with van der Waals surface area (Å²) in [7, 11) is 1.19. The molecule has 0 aliphatic carbocycles. The van der Waals surface area contributed by atoms with E-state index in [-0.39, 0.29) is 28.5 Å². The molecule has 0 aromatic heterocycles. The molecule has 0 saturated carbocycles. The lowest BCUT2D eigenvalue weighted by atomic mass is 9.82. The third-order valence-electron chi connectivity index (χ3n) is 4.18. The number of benzene rings is 1. The molecule has 0 fully saturated rings. The van der Waals surface area contributed by atoms with Gasteiger partial charge >= 0.3 is 23.9 Å². The highest BCUT2D eigenvalue weighted by Gasteiger charge is 2.37. The largest absolute Gasteiger partial charge is 0.478 e. The second-order valence-corrected chi connectivity index (χ2v) is 6.75. The smallest absolute Gasteiger partial charge is 0.336 e. The first kappa shape index (κ1) is 23.1. The predicted molar refractivity (Wildman–Crippen MR) is 125 cm³/mol. The maximum atomic E-state index is 12.9. The summed E-state index contributed by atoms with van der Waals surface area (Å²) in [6.45, 7) is -4.60. The molecule has 1 unspecified atom stereocenters. The SMILES string of the molecule is O=C(O)/C=C\C(=O)O.[2H]C([2H])(N)C([2H])([2H])OCC1=C(C(=O)OCC)C(c2ccccc2Cl)C(C(=O)OC)=CN1. The molecule has 2 rings (SSSR count). The van der Waals surface area contributed by atoms with Gasteiger partial charge in [0.05, 0.1) is 52.4 Å². The molecular weight excluding hydrogens is 484 g/mol. The number of ether oxygens (including phenoxy) is 3. The van der Waals surface area contributed by atoms with Crippen molar-refractivity contribution in [2.45, 2.75) is 12.8 Å². The Morgan fingerprint density at radius 3 is 2.31 bits per heavy atom. The number of nitrogens with two attached hydrogens (primary N) is 1. The summed E-state index contributed by atoms with van der Waals surface area (Å²) in [5.74, 6) is -5.02. The Hall–Kier alpha value is -3.67. The van der Waals surface area contributed by atoms with Crippen LogP contribution in [0, 0.1) is 0 Å². The van der Waals surface area contributed by atoms with Gasteiger partial charge in [-0.1, -0.05) is 29.8 Å². The van der Waals surface area contributed by atoms with E-state index >= 15 is 0 Å². The number of halogens is 1. The summed E-state index contributed by atoms with van der Waals surface area (Å²) in [6, 6.07) is 6.59. The van der Waals surface area contributed by atoms with Gasteiger partial charge in [-0.3, -0.25) is 0 Å².